The van der Waals surface area contributed by atoms with Gasteiger partial charge >= 0.3 is 5.97 Å². The van der Waals surface area contributed by atoms with Crippen molar-refractivity contribution in [1.82, 2.24) is 4.90 Å². The van der Waals surface area contributed by atoms with E-state index in [0.29, 0.717) is 13.0 Å². The van der Waals surface area contributed by atoms with Crippen molar-refractivity contribution in [2.45, 2.75) is 32.2 Å². The fourth-order valence-electron chi connectivity index (χ4n) is 4.48. The van der Waals surface area contributed by atoms with Crippen LogP contribution in [0.2, 0.25) is 0 Å². The zero-order valence-corrected chi connectivity index (χ0v) is 16.4. The van der Waals surface area contributed by atoms with E-state index in [-0.39, 0.29) is 17.8 Å². The number of carbonyl (C=O) groups is 1. The zero-order valence-electron chi connectivity index (χ0n) is 16.4. The number of hydrogen-bond acceptors (Lipinski definition) is 4. The van der Waals surface area contributed by atoms with Gasteiger partial charge in [-0.15, -0.1) is 0 Å². The van der Waals surface area contributed by atoms with Crippen LogP contribution in [0.4, 0.5) is 10.1 Å². The average molecular weight is 382 g/mol. The molecule has 4 nitrogen and oxygen atoms in total. The molecule has 0 N–H and O–H groups in total. The second-order valence-electron chi connectivity index (χ2n) is 7.57. The van der Waals surface area contributed by atoms with E-state index in [1.165, 1.54) is 11.1 Å². The first-order valence-electron chi connectivity index (χ1n) is 10.2. The summed E-state index contributed by atoms with van der Waals surface area (Å²) in [7, 11) is 0. The van der Waals surface area contributed by atoms with Crippen LogP contribution < -0.4 is 4.90 Å². The van der Waals surface area contributed by atoms with Gasteiger partial charge in [-0.05, 0) is 61.2 Å². The minimum atomic E-state index is -0.174. The fourth-order valence-corrected chi connectivity index (χ4v) is 4.48. The molecule has 2 aromatic rings. The molecule has 2 heterocycles. The van der Waals surface area contributed by atoms with Crippen LogP contribution in [0.1, 0.15) is 42.5 Å². The van der Waals surface area contributed by atoms with E-state index in [4.69, 9.17) is 4.74 Å². The summed E-state index contributed by atoms with van der Waals surface area (Å²) in [5.41, 5.74) is 4.81. The van der Waals surface area contributed by atoms with Crippen molar-refractivity contribution in [1.29, 1.82) is 0 Å². The molecule has 1 fully saturated rings. The molecule has 2 aliphatic rings. The maximum absolute atomic E-state index is 13.9. The van der Waals surface area contributed by atoms with Gasteiger partial charge in [0.25, 0.3) is 0 Å². The van der Waals surface area contributed by atoms with Gasteiger partial charge in [0, 0.05) is 31.7 Å². The van der Waals surface area contributed by atoms with Crippen LogP contribution in [0.5, 0.6) is 0 Å². The highest BCUT2D eigenvalue weighted by molar-refractivity contribution is 5.69. The monoisotopic (exact) mass is 382 g/mol. The second-order valence-corrected chi connectivity index (χ2v) is 7.57. The topological polar surface area (TPSA) is 32.8 Å². The molecule has 1 unspecified atom stereocenters. The maximum atomic E-state index is 13.9. The molecule has 0 aliphatic carbocycles. The summed E-state index contributed by atoms with van der Waals surface area (Å²) < 4.78 is 18.9. The quantitative estimate of drug-likeness (QED) is 0.734. The summed E-state index contributed by atoms with van der Waals surface area (Å²) in [6.45, 7) is 5.92. The molecule has 0 aromatic heterocycles. The Bertz CT molecular complexity index is 854. The highest BCUT2D eigenvalue weighted by atomic mass is 19.1. The lowest BCUT2D eigenvalue weighted by Gasteiger charge is -2.43. The molecule has 5 heteroatoms. The molecule has 2 aliphatic heterocycles. The number of ether oxygens (including phenoxy) is 1. The van der Waals surface area contributed by atoms with E-state index in [1.54, 1.807) is 12.1 Å². The van der Waals surface area contributed by atoms with Gasteiger partial charge in [0.15, 0.2) is 0 Å². The average Bonchev–Trinajstić information content (AvgIpc) is 2.82. The van der Waals surface area contributed by atoms with Gasteiger partial charge in [-0.1, -0.05) is 24.3 Å². The molecular formula is C23H27FN2O2. The van der Waals surface area contributed by atoms with E-state index in [1.807, 2.05) is 13.0 Å². The Balaban J connectivity index is 1.54. The van der Waals surface area contributed by atoms with Crippen LogP contribution in [0.25, 0.3) is 0 Å². The van der Waals surface area contributed by atoms with Gasteiger partial charge in [0.05, 0.1) is 12.6 Å². The number of rotatable bonds is 5. The van der Waals surface area contributed by atoms with Crippen LogP contribution in [0, 0.1) is 5.82 Å². The third-order valence-electron chi connectivity index (χ3n) is 5.77. The van der Waals surface area contributed by atoms with Gasteiger partial charge in [-0.3, -0.25) is 9.69 Å². The fraction of sp³-hybridized carbons (Fsp3) is 0.435. The SMILES string of the molecule is CCOC(=O)CCCN1CCN2c3ccc(F)cc3Cc3ccccc3C2C1. The summed E-state index contributed by atoms with van der Waals surface area (Å²) in [6.07, 6.45) is 2.05. The second kappa shape index (κ2) is 8.31. The Morgan fingerprint density at radius 1 is 1.18 bits per heavy atom. The number of halogens is 1. The highest BCUT2D eigenvalue weighted by Gasteiger charge is 2.33. The molecular weight excluding hydrogens is 355 g/mol. The predicted molar refractivity (Wildman–Crippen MR) is 108 cm³/mol. The Kier molecular flexibility index (Phi) is 5.62. The molecule has 0 spiro atoms. The van der Waals surface area contributed by atoms with E-state index in [2.05, 4.69) is 34.1 Å². The molecule has 1 saturated heterocycles. The lowest BCUT2D eigenvalue weighted by Crippen LogP contribution is -2.48. The van der Waals surface area contributed by atoms with E-state index in [0.717, 1.165) is 50.3 Å². The Labute approximate surface area is 165 Å². The normalized spacial score (nSPS) is 18.6. The van der Waals surface area contributed by atoms with Crippen molar-refractivity contribution in [3.05, 3.63) is 65.0 Å². The van der Waals surface area contributed by atoms with Crippen molar-refractivity contribution < 1.29 is 13.9 Å². The van der Waals surface area contributed by atoms with Gasteiger partial charge in [0.2, 0.25) is 0 Å². The highest BCUT2D eigenvalue weighted by Crippen LogP contribution is 2.39. The molecule has 4 rings (SSSR count). The van der Waals surface area contributed by atoms with Gasteiger partial charge in [-0.2, -0.15) is 0 Å². The molecule has 0 amide bonds. The summed E-state index contributed by atoms with van der Waals surface area (Å²) >= 11 is 0. The van der Waals surface area contributed by atoms with Crippen molar-refractivity contribution in [2.24, 2.45) is 0 Å². The molecule has 0 radical (unpaired) electrons. The van der Waals surface area contributed by atoms with Gasteiger partial charge < -0.3 is 9.64 Å². The Morgan fingerprint density at radius 2 is 2.04 bits per heavy atom. The first-order chi connectivity index (χ1) is 13.7. The number of hydrogen-bond donors (Lipinski definition) is 0. The molecule has 2 aromatic carbocycles. The van der Waals surface area contributed by atoms with E-state index >= 15 is 0 Å². The number of fused-ring (bicyclic) bond motifs is 5. The number of carbonyl (C=O) groups excluding carboxylic acids is 1. The third-order valence-corrected chi connectivity index (χ3v) is 5.77. The van der Waals surface area contributed by atoms with Crippen molar-refractivity contribution in [2.75, 3.05) is 37.7 Å². The van der Waals surface area contributed by atoms with Gasteiger partial charge in [0.1, 0.15) is 5.82 Å². The number of piperazine rings is 1. The minimum absolute atomic E-state index is 0.114. The summed E-state index contributed by atoms with van der Waals surface area (Å²) in [5, 5.41) is 0. The molecule has 1 atom stereocenters. The molecule has 0 bridgehead atoms. The first kappa shape index (κ1) is 18.9. The molecule has 0 saturated carbocycles. The summed E-state index contributed by atoms with van der Waals surface area (Å²) in [4.78, 5) is 16.5. The van der Waals surface area contributed by atoms with Crippen molar-refractivity contribution in [3.63, 3.8) is 0 Å². The van der Waals surface area contributed by atoms with Crippen LogP contribution >= 0.6 is 0 Å². The van der Waals surface area contributed by atoms with Crippen molar-refractivity contribution in [3.8, 4) is 0 Å². The third kappa shape index (κ3) is 3.90. The molecule has 28 heavy (non-hydrogen) atoms. The molecule has 148 valence electrons. The van der Waals surface area contributed by atoms with Crippen molar-refractivity contribution >= 4 is 11.7 Å². The zero-order chi connectivity index (χ0) is 19.5. The Hall–Kier alpha value is -2.40. The van der Waals surface area contributed by atoms with E-state index < -0.39 is 0 Å². The summed E-state index contributed by atoms with van der Waals surface area (Å²) in [6, 6.07) is 13.9. The van der Waals surface area contributed by atoms with Crippen LogP contribution in [-0.2, 0) is 16.0 Å². The number of esters is 1. The number of anilines is 1. The number of nitrogens with zero attached hydrogens (tertiary/aromatic N) is 2. The van der Waals surface area contributed by atoms with Crippen LogP contribution in [-0.4, -0.2) is 43.7 Å². The Morgan fingerprint density at radius 3 is 2.89 bits per heavy atom. The van der Waals surface area contributed by atoms with Crippen LogP contribution in [0.15, 0.2) is 42.5 Å². The van der Waals surface area contributed by atoms with Crippen LogP contribution in [0.3, 0.4) is 0 Å². The minimum Gasteiger partial charge on any atom is -0.466 e. The maximum Gasteiger partial charge on any atom is 0.305 e. The lowest BCUT2D eigenvalue weighted by molar-refractivity contribution is -0.143. The largest absolute Gasteiger partial charge is 0.466 e. The van der Waals surface area contributed by atoms with E-state index in [9.17, 15) is 9.18 Å². The number of benzene rings is 2. The van der Waals surface area contributed by atoms with Gasteiger partial charge in [-0.25, -0.2) is 4.39 Å². The first-order valence-corrected chi connectivity index (χ1v) is 10.2. The smallest absolute Gasteiger partial charge is 0.305 e. The lowest BCUT2D eigenvalue weighted by atomic mass is 9.96. The standard InChI is InChI=1S/C23H27FN2O2/c1-2-28-23(27)8-5-11-25-12-13-26-21-10-9-19(24)15-18(21)14-17-6-3-4-7-20(17)22(26)16-25/h3-4,6-7,9-10,15,22H,2,5,8,11-14,16H2,1H3. The predicted octanol–water partition coefficient (Wildman–Crippen LogP) is 3.94. The summed E-state index contributed by atoms with van der Waals surface area (Å²) in [5.74, 6) is -0.288.